The topological polar surface area (TPSA) is 82.8 Å². The number of phenolic OH excluding ortho intramolecular Hbond substituents is 1. The molecule has 27 heavy (non-hydrogen) atoms. The molecule has 2 aromatic carbocycles. The minimum Gasteiger partial charge on any atom is -0.508 e. The number of aryl methyl sites for hydroxylation is 1. The highest BCUT2D eigenvalue weighted by atomic mass is 32.2. The van der Waals surface area contributed by atoms with Gasteiger partial charge < -0.3 is 15.1 Å². The van der Waals surface area contributed by atoms with Crippen molar-refractivity contribution >= 4 is 20.9 Å². The first kappa shape index (κ1) is 18.0. The molecule has 0 bridgehead atoms. The number of aromatic nitrogens is 1. The molecule has 1 aliphatic carbocycles. The fourth-order valence-corrected chi connectivity index (χ4v) is 5.25. The number of nitrogens with zero attached hydrogens (tertiary/aromatic N) is 2. The summed E-state index contributed by atoms with van der Waals surface area (Å²) in [6.07, 6.45) is 1.22. The highest BCUT2D eigenvalue weighted by Crippen LogP contribution is 2.43. The van der Waals surface area contributed by atoms with E-state index < -0.39 is 16.1 Å². The molecule has 2 N–H and O–H groups in total. The number of aliphatic hydroxyl groups excluding tert-OH is 1. The van der Waals surface area contributed by atoms with E-state index >= 15 is 0 Å². The normalized spacial score (nSPS) is 19.7. The largest absolute Gasteiger partial charge is 0.508 e. The molecule has 4 rings (SSSR count). The van der Waals surface area contributed by atoms with Gasteiger partial charge in [-0.2, -0.15) is 0 Å². The van der Waals surface area contributed by atoms with Gasteiger partial charge in [0.1, 0.15) is 5.75 Å². The lowest BCUT2D eigenvalue weighted by atomic mass is 9.86. The van der Waals surface area contributed by atoms with Crippen molar-refractivity contribution < 1.29 is 18.6 Å². The summed E-state index contributed by atoms with van der Waals surface area (Å²) in [5.41, 5.74) is 2.64. The van der Waals surface area contributed by atoms with Crippen molar-refractivity contribution in [2.75, 3.05) is 14.1 Å². The zero-order chi connectivity index (χ0) is 19.5. The molecular weight excluding hydrogens is 364 g/mol. The fourth-order valence-electron chi connectivity index (χ4n) is 3.86. The molecule has 0 saturated heterocycles. The molecule has 0 fully saturated rings. The van der Waals surface area contributed by atoms with Crippen LogP contribution in [0.25, 0.3) is 10.9 Å². The van der Waals surface area contributed by atoms with Crippen LogP contribution in [0.15, 0.2) is 47.5 Å². The number of aliphatic hydroxyl groups is 1. The molecule has 142 valence electrons. The van der Waals surface area contributed by atoms with Crippen molar-refractivity contribution in [3.63, 3.8) is 0 Å². The van der Waals surface area contributed by atoms with Crippen LogP contribution in [0.5, 0.6) is 5.75 Å². The van der Waals surface area contributed by atoms with E-state index in [1.54, 1.807) is 36.5 Å². The van der Waals surface area contributed by atoms with Crippen LogP contribution in [0.4, 0.5) is 0 Å². The van der Waals surface area contributed by atoms with Gasteiger partial charge in [-0.25, -0.2) is 12.4 Å². The van der Waals surface area contributed by atoms with Gasteiger partial charge in [-0.3, -0.25) is 0 Å². The Labute approximate surface area is 158 Å². The maximum Gasteiger partial charge on any atom is 0.268 e. The van der Waals surface area contributed by atoms with Gasteiger partial charge in [-0.05, 0) is 57.3 Å². The Bertz CT molecular complexity index is 1130. The highest BCUT2D eigenvalue weighted by Gasteiger charge is 2.35. The summed E-state index contributed by atoms with van der Waals surface area (Å²) in [4.78, 5) is 2.09. The van der Waals surface area contributed by atoms with Gasteiger partial charge in [0.05, 0.1) is 16.5 Å². The Kier molecular flexibility index (Phi) is 4.06. The second kappa shape index (κ2) is 6.09. The molecule has 2 atom stereocenters. The maximum absolute atomic E-state index is 13.2. The Balaban J connectivity index is 1.98. The van der Waals surface area contributed by atoms with Crippen LogP contribution in [-0.4, -0.2) is 47.6 Å². The third-order valence-electron chi connectivity index (χ3n) is 5.36. The molecule has 0 radical (unpaired) electrons. The van der Waals surface area contributed by atoms with E-state index in [1.807, 2.05) is 25.9 Å². The van der Waals surface area contributed by atoms with Crippen molar-refractivity contribution in [2.45, 2.75) is 30.4 Å². The SMILES string of the molecule is Cc1ccc(S(=O)(=O)n2cc3c4c(c(O)ccc42)C(O)C(N(C)C)C3)cc1. The molecule has 0 amide bonds. The summed E-state index contributed by atoms with van der Waals surface area (Å²) in [5, 5.41) is 21.8. The Hall–Kier alpha value is -2.35. The molecule has 0 saturated carbocycles. The van der Waals surface area contributed by atoms with Gasteiger partial charge >= 0.3 is 0 Å². The summed E-state index contributed by atoms with van der Waals surface area (Å²) in [6, 6.07) is 9.51. The zero-order valence-electron chi connectivity index (χ0n) is 15.4. The summed E-state index contributed by atoms with van der Waals surface area (Å²) in [6.45, 7) is 1.90. The van der Waals surface area contributed by atoms with Gasteiger partial charge in [-0.15, -0.1) is 0 Å². The molecular formula is C20H22N2O4S. The fraction of sp³-hybridized carbons (Fsp3) is 0.300. The van der Waals surface area contributed by atoms with Crippen molar-refractivity contribution in [1.82, 2.24) is 8.87 Å². The van der Waals surface area contributed by atoms with Crippen molar-refractivity contribution in [1.29, 1.82) is 0 Å². The number of likely N-dealkylation sites (N-methyl/N-ethyl adjacent to an activating group) is 1. The molecule has 0 spiro atoms. The van der Waals surface area contributed by atoms with E-state index in [4.69, 9.17) is 0 Å². The quantitative estimate of drug-likeness (QED) is 0.722. The number of hydrogen-bond acceptors (Lipinski definition) is 5. The molecule has 6 nitrogen and oxygen atoms in total. The Morgan fingerprint density at radius 2 is 1.78 bits per heavy atom. The first-order valence-electron chi connectivity index (χ1n) is 8.74. The molecule has 7 heteroatoms. The van der Waals surface area contributed by atoms with Crippen LogP contribution >= 0.6 is 0 Å². The summed E-state index contributed by atoms with van der Waals surface area (Å²) < 4.78 is 27.7. The Morgan fingerprint density at radius 3 is 2.41 bits per heavy atom. The van der Waals surface area contributed by atoms with E-state index in [2.05, 4.69) is 0 Å². The van der Waals surface area contributed by atoms with E-state index in [1.165, 1.54) is 10.0 Å². The minimum absolute atomic E-state index is 0.0201. The maximum atomic E-state index is 13.2. The first-order chi connectivity index (χ1) is 12.7. The average molecular weight is 386 g/mol. The number of phenols is 1. The number of rotatable bonds is 3. The average Bonchev–Trinajstić information content (AvgIpc) is 2.99. The summed E-state index contributed by atoms with van der Waals surface area (Å²) in [5.74, 6) is -0.0201. The molecule has 1 aromatic heterocycles. The monoisotopic (exact) mass is 386 g/mol. The Morgan fingerprint density at radius 1 is 1.11 bits per heavy atom. The van der Waals surface area contributed by atoms with Gasteiger partial charge in [0, 0.05) is 23.2 Å². The predicted octanol–water partition coefficient (Wildman–Crippen LogP) is 2.41. The second-order valence-electron chi connectivity index (χ2n) is 7.34. The van der Waals surface area contributed by atoms with Crippen molar-refractivity contribution in [3.8, 4) is 5.75 Å². The van der Waals surface area contributed by atoms with Gasteiger partial charge in [0.25, 0.3) is 10.0 Å². The van der Waals surface area contributed by atoms with Crippen molar-refractivity contribution in [2.24, 2.45) is 0 Å². The second-order valence-corrected chi connectivity index (χ2v) is 9.16. The molecule has 3 aromatic rings. The third kappa shape index (κ3) is 2.65. The molecule has 0 aliphatic heterocycles. The molecule has 2 unspecified atom stereocenters. The number of hydrogen-bond donors (Lipinski definition) is 2. The van der Waals surface area contributed by atoms with Crippen LogP contribution in [0.3, 0.4) is 0 Å². The van der Waals surface area contributed by atoms with Gasteiger partial charge in [0.2, 0.25) is 0 Å². The molecule has 1 heterocycles. The van der Waals surface area contributed by atoms with Crippen LogP contribution in [0.2, 0.25) is 0 Å². The van der Waals surface area contributed by atoms with Crippen LogP contribution in [0, 0.1) is 6.92 Å². The van der Waals surface area contributed by atoms with Gasteiger partial charge in [0.15, 0.2) is 0 Å². The summed E-state index contributed by atoms with van der Waals surface area (Å²) in [7, 11) is -0.0743. The number of aromatic hydroxyl groups is 1. The standard InChI is InChI=1S/C20H22N2O4S/c1-12-4-6-14(7-5-12)27(25,26)22-11-13-10-16(21(2)3)20(24)19-17(23)9-8-15(22)18(13)19/h4-9,11,16,20,23-24H,10H2,1-3H3. The van der Waals surface area contributed by atoms with E-state index in [0.717, 1.165) is 11.1 Å². The lowest BCUT2D eigenvalue weighted by Gasteiger charge is -2.33. The third-order valence-corrected chi connectivity index (χ3v) is 7.05. The lowest BCUT2D eigenvalue weighted by molar-refractivity contribution is 0.0721. The first-order valence-corrected chi connectivity index (χ1v) is 10.2. The number of benzene rings is 2. The molecule has 1 aliphatic rings. The van der Waals surface area contributed by atoms with Gasteiger partial charge in [-0.1, -0.05) is 17.7 Å². The lowest BCUT2D eigenvalue weighted by Crippen LogP contribution is -2.37. The van der Waals surface area contributed by atoms with Crippen LogP contribution in [-0.2, 0) is 16.4 Å². The smallest absolute Gasteiger partial charge is 0.268 e. The summed E-state index contributed by atoms with van der Waals surface area (Å²) >= 11 is 0. The van der Waals surface area contributed by atoms with Crippen LogP contribution < -0.4 is 0 Å². The van der Waals surface area contributed by atoms with Crippen molar-refractivity contribution in [3.05, 3.63) is 59.3 Å². The minimum atomic E-state index is -3.79. The van der Waals surface area contributed by atoms with E-state index in [-0.39, 0.29) is 16.7 Å². The highest BCUT2D eigenvalue weighted by molar-refractivity contribution is 7.90. The van der Waals surface area contributed by atoms with E-state index in [9.17, 15) is 18.6 Å². The van der Waals surface area contributed by atoms with E-state index in [0.29, 0.717) is 22.9 Å². The zero-order valence-corrected chi connectivity index (χ0v) is 16.2. The van der Waals surface area contributed by atoms with Crippen LogP contribution in [0.1, 0.15) is 22.8 Å². The predicted molar refractivity (Wildman–Crippen MR) is 104 cm³/mol.